The molecule has 0 bridgehead atoms. The molecule has 0 saturated heterocycles. The van der Waals surface area contributed by atoms with Gasteiger partial charge in [-0.2, -0.15) is 0 Å². The van der Waals surface area contributed by atoms with Crippen molar-refractivity contribution in [2.75, 3.05) is 14.7 Å². The molecular weight excluding hydrogens is 775 g/mol. The van der Waals surface area contributed by atoms with Crippen LogP contribution in [0.2, 0.25) is 0 Å². The van der Waals surface area contributed by atoms with Crippen LogP contribution in [0.4, 0.5) is 51.2 Å². The molecule has 9 aromatic rings. The lowest BCUT2D eigenvalue weighted by Gasteiger charge is -2.33. The Hall–Kier alpha value is -7.47. The molecule has 4 nitrogen and oxygen atoms in total. The van der Waals surface area contributed by atoms with Crippen LogP contribution in [0.1, 0.15) is 25.0 Å². The third-order valence-corrected chi connectivity index (χ3v) is 13.7. The van der Waals surface area contributed by atoms with Crippen molar-refractivity contribution < 1.29 is 4.74 Å². The molecule has 62 heavy (non-hydrogen) atoms. The lowest BCUT2D eigenvalue weighted by Crippen LogP contribution is -2.17. The Kier molecular flexibility index (Phi) is 8.41. The smallest absolute Gasteiger partial charge is 0.151 e. The third kappa shape index (κ3) is 5.84. The van der Waals surface area contributed by atoms with Crippen molar-refractivity contribution in [3.05, 3.63) is 223 Å². The minimum Gasteiger partial charge on any atom is -0.453 e. The summed E-state index contributed by atoms with van der Waals surface area (Å²) in [4.78, 5) is 9.56. The van der Waals surface area contributed by atoms with E-state index in [9.17, 15) is 0 Å². The molecule has 5 heteroatoms. The maximum atomic E-state index is 6.34. The van der Waals surface area contributed by atoms with E-state index in [0.717, 1.165) is 51.3 Å². The Labute approximate surface area is 366 Å². The number of fused-ring (bicyclic) bond motifs is 7. The highest BCUT2D eigenvalue weighted by molar-refractivity contribution is 7.99. The first-order valence-electron chi connectivity index (χ1n) is 21.2. The van der Waals surface area contributed by atoms with Crippen LogP contribution in [0, 0.1) is 0 Å². The van der Waals surface area contributed by atoms with Crippen molar-refractivity contribution in [1.82, 2.24) is 0 Å². The quantitative estimate of drug-likeness (QED) is 0.166. The van der Waals surface area contributed by atoms with Crippen molar-refractivity contribution in [3.63, 3.8) is 0 Å². The molecule has 9 aromatic carbocycles. The zero-order valence-corrected chi connectivity index (χ0v) is 35.2. The molecule has 2 heterocycles. The summed E-state index contributed by atoms with van der Waals surface area (Å²) in [6, 6.07) is 76.6. The lowest BCUT2D eigenvalue weighted by molar-refractivity contribution is 0.477. The third-order valence-electron chi connectivity index (χ3n) is 12.6. The fraction of sp³-hybridized carbons (Fsp3) is 0.0526. The largest absolute Gasteiger partial charge is 0.453 e. The molecule has 0 atom stereocenters. The Morgan fingerprint density at radius 2 is 0.935 bits per heavy atom. The second kappa shape index (κ2) is 14.3. The van der Waals surface area contributed by atoms with Crippen molar-refractivity contribution in [2.24, 2.45) is 0 Å². The van der Waals surface area contributed by atoms with E-state index in [2.05, 4.69) is 217 Å². The van der Waals surface area contributed by atoms with Gasteiger partial charge in [-0.1, -0.05) is 129 Å². The van der Waals surface area contributed by atoms with Gasteiger partial charge < -0.3 is 19.4 Å². The second-order valence-corrected chi connectivity index (χ2v) is 17.7. The molecule has 0 amide bonds. The van der Waals surface area contributed by atoms with Crippen LogP contribution in [-0.4, -0.2) is 0 Å². The SMILES string of the molecule is CC1(C)c2ccccc2-c2ccc(N(c3ccc(-c4ccc5c(c4)Sc4ccccc4N5c4ccccc4)cc3)c3ccc(N4c5ccccc5Oc5ccccc54)cc3)cc21. The van der Waals surface area contributed by atoms with Gasteiger partial charge in [-0.3, -0.25) is 0 Å². The van der Waals surface area contributed by atoms with Gasteiger partial charge >= 0.3 is 0 Å². The first kappa shape index (κ1) is 36.4. The lowest BCUT2D eigenvalue weighted by atomic mass is 9.82. The van der Waals surface area contributed by atoms with Crippen molar-refractivity contribution in [3.8, 4) is 33.8 Å². The van der Waals surface area contributed by atoms with E-state index in [1.165, 1.54) is 54.5 Å². The highest BCUT2D eigenvalue weighted by Crippen LogP contribution is 2.54. The molecule has 2 aliphatic heterocycles. The van der Waals surface area contributed by atoms with Gasteiger partial charge in [0.25, 0.3) is 0 Å². The van der Waals surface area contributed by atoms with Crippen LogP contribution in [-0.2, 0) is 5.41 Å². The van der Waals surface area contributed by atoms with E-state index in [-0.39, 0.29) is 5.41 Å². The average Bonchev–Trinajstić information content (AvgIpc) is 3.55. The molecule has 12 rings (SSSR count). The number of para-hydroxylation sites is 6. The van der Waals surface area contributed by atoms with Gasteiger partial charge in [0.1, 0.15) is 0 Å². The minimum absolute atomic E-state index is 0.125. The maximum Gasteiger partial charge on any atom is 0.151 e. The van der Waals surface area contributed by atoms with Gasteiger partial charge in [0.05, 0.1) is 22.7 Å². The van der Waals surface area contributed by atoms with E-state index in [1.54, 1.807) is 0 Å². The molecule has 1 aliphatic carbocycles. The Morgan fingerprint density at radius 3 is 1.68 bits per heavy atom. The van der Waals surface area contributed by atoms with Gasteiger partial charge in [-0.25, -0.2) is 0 Å². The van der Waals surface area contributed by atoms with Crippen LogP contribution >= 0.6 is 11.8 Å². The van der Waals surface area contributed by atoms with Crippen LogP contribution in [0.25, 0.3) is 22.3 Å². The zero-order valence-electron chi connectivity index (χ0n) is 34.4. The molecule has 0 N–H and O–H groups in total. The summed E-state index contributed by atoms with van der Waals surface area (Å²) in [5.74, 6) is 1.68. The fourth-order valence-corrected chi connectivity index (χ4v) is 10.7. The number of rotatable bonds is 6. The number of ether oxygens (including phenoxy) is 1. The van der Waals surface area contributed by atoms with Crippen molar-refractivity contribution in [1.29, 1.82) is 0 Å². The minimum atomic E-state index is -0.125. The van der Waals surface area contributed by atoms with Crippen LogP contribution in [0.5, 0.6) is 11.5 Å². The first-order valence-corrected chi connectivity index (χ1v) is 22.0. The van der Waals surface area contributed by atoms with Crippen LogP contribution in [0.15, 0.2) is 222 Å². The van der Waals surface area contributed by atoms with Crippen molar-refractivity contribution >= 4 is 62.9 Å². The summed E-state index contributed by atoms with van der Waals surface area (Å²) in [5.41, 5.74) is 17.5. The standard InChI is InChI=1S/C57H41N3OS/c1-57(2)47-17-7-6-16-45(47)46-34-33-44(37-48(46)57)58(42-29-31-43(32-30-42)59-49-18-8-11-21-53(49)61-54-22-12-9-19-50(54)59)41-27-24-38(25-28-41)39-26-35-52-56(36-39)62-55-23-13-10-20-51(55)60(52)40-14-4-3-5-15-40/h3-37H,1-2H3. The molecule has 0 saturated carbocycles. The predicted octanol–water partition coefficient (Wildman–Crippen LogP) is 16.6. The topological polar surface area (TPSA) is 19.0 Å². The number of benzene rings is 9. The summed E-state index contributed by atoms with van der Waals surface area (Å²) in [6.07, 6.45) is 0. The number of anilines is 9. The molecule has 0 aromatic heterocycles. The van der Waals surface area contributed by atoms with E-state index in [4.69, 9.17) is 4.74 Å². The summed E-state index contributed by atoms with van der Waals surface area (Å²) >= 11 is 1.84. The molecule has 296 valence electrons. The summed E-state index contributed by atoms with van der Waals surface area (Å²) in [5, 5.41) is 0. The van der Waals surface area contributed by atoms with Gasteiger partial charge in [-0.05, 0) is 143 Å². The molecular formula is C57H41N3OS. The predicted molar refractivity (Wildman–Crippen MR) is 258 cm³/mol. The summed E-state index contributed by atoms with van der Waals surface area (Å²) in [6.45, 7) is 4.70. The highest BCUT2D eigenvalue weighted by Gasteiger charge is 2.36. The highest BCUT2D eigenvalue weighted by atomic mass is 32.2. The normalized spacial score (nSPS) is 13.8. The van der Waals surface area contributed by atoms with Crippen molar-refractivity contribution in [2.45, 2.75) is 29.1 Å². The molecule has 0 radical (unpaired) electrons. The van der Waals surface area contributed by atoms with E-state index < -0.39 is 0 Å². The Balaban J connectivity index is 0.939. The Bertz CT molecular complexity index is 3130. The van der Waals surface area contributed by atoms with E-state index in [0.29, 0.717) is 0 Å². The van der Waals surface area contributed by atoms with Gasteiger partial charge in [0, 0.05) is 43.6 Å². The van der Waals surface area contributed by atoms with Crippen LogP contribution < -0.4 is 19.4 Å². The van der Waals surface area contributed by atoms with Gasteiger partial charge in [0.2, 0.25) is 0 Å². The van der Waals surface area contributed by atoms with E-state index in [1.807, 2.05) is 36.0 Å². The first-order chi connectivity index (χ1) is 30.5. The van der Waals surface area contributed by atoms with E-state index >= 15 is 0 Å². The van der Waals surface area contributed by atoms with Gasteiger partial charge in [-0.15, -0.1) is 0 Å². The molecule has 0 spiro atoms. The maximum absolute atomic E-state index is 6.34. The number of hydrogen-bond acceptors (Lipinski definition) is 5. The molecule has 3 aliphatic rings. The van der Waals surface area contributed by atoms with Crippen LogP contribution in [0.3, 0.4) is 0 Å². The molecule has 0 unspecified atom stereocenters. The number of hydrogen-bond donors (Lipinski definition) is 0. The second-order valence-electron chi connectivity index (χ2n) is 16.6. The zero-order chi connectivity index (χ0) is 41.4. The molecule has 0 fully saturated rings. The monoisotopic (exact) mass is 815 g/mol. The Morgan fingerprint density at radius 1 is 0.403 bits per heavy atom. The average molecular weight is 816 g/mol. The summed E-state index contributed by atoms with van der Waals surface area (Å²) in [7, 11) is 0. The number of nitrogens with zero attached hydrogens (tertiary/aromatic N) is 3. The fourth-order valence-electron chi connectivity index (χ4n) is 9.61. The van der Waals surface area contributed by atoms with Gasteiger partial charge in [0.15, 0.2) is 11.5 Å². The summed E-state index contributed by atoms with van der Waals surface area (Å²) < 4.78 is 6.34.